The van der Waals surface area contributed by atoms with E-state index in [0.717, 1.165) is 30.0 Å². The highest BCUT2D eigenvalue weighted by molar-refractivity contribution is 9.10. The molecule has 2 aromatic rings. The summed E-state index contributed by atoms with van der Waals surface area (Å²) in [5.74, 6) is -0.363. The van der Waals surface area contributed by atoms with Gasteiger partial charge in [0.1, 0.15) is 10.3 Å². The summed E-state index contributed by atoms with van der Waals surface area (Å²) in [5.41, 5.74) is 7.07. The third-order valence-corrected chi connectivity index (χ3v) is 6.79. The number of nitrogen functional groups attached to an aromatic ring is 1. The van der Waals surface area contributed by atoms with Gasteiger partial charge in [0.05, 0.1) is 11.3 Å². The molecule has 0 amide bonds. The van der Waals surface area contributed by atoms with E-state index in [9.17, 15) is 14.3 Å². The zero-order chi connectivity index (χ0) is 20.6. The molecular weight excluding hydrogens is 425 g/mol. The molecule has 0 saturated heterocycles. The van der Waals surface area contributed by atoms with Crippen molar-refractivity contribution in [3.05, 3.63) is 51.8 Å². The van der Waals surface area contributed by atoms with E-state index < -0.39 is 11.4 Å². The number of carbonyl (C=O) groups is 1. The van der Waals surface area contributed by atoms with Gasteiger partial charge in [-0.15, -0.1) is 0 Å². The van der Waals surface area contributed by atoms with Crippen molar-refractivity contribution >= 4 is 27.4 Å². The van der Waals surface area contributed by atoms with Gasteiger partial charge >= 0.3 is 0 Å². The van der Waals surface area contributed by atoms with Crippen molar-refractivity contribution in [2.75, 3.05) is 5.73 Å². The number of pyridine rings is 2. The van der Waals surface area contributed by atoms with Gasteiger partial charge in [-0.1, -0.05) is 13.8 Å². The predicted octanol–water partition coefficient (Wildman–Crippen LogP) is 4.29. The Bertz CT molecular complexity index is 889. The molecule has 150 valence electrons. The SMILES string of the molecule is C[C@@H]1CC(c2ccncc2CC(=O)c2nc(Br)c(F)cc2N)C[C@H](C)C1(C)O. The number of halogens is 2. The molecule has 0 radical (unpaired) electrons. The highest BCUT2D eigenvalue weighted by Crippen LogP contribution is 2.45. The highest BCUT2D eigenvalue weighted by atomic mass is 79.9. The summed E-state index contributed by atoms with van der Waals surface area (Å²) < 4.78 is 13.5. The lowest BCUT2D eigenvalue weighted by molar-refractivity contribution is -0.0720. The van der Waals surface area contributed by atoms with E-state index in [1.807, 2.05) is 13.0 Å². The molecule has 0 aliphatic heterocycles. The van der Waals surface area contributed by atoms with Crippen LogP contribution in [0.4, 0.5) is 10.1 Å². The lowest BCUT2D eigenvalue weighted by Gasteiger charge is -2.44. The number of anilines is 1. The van der Waals surface area contributed by atoms with Crippen LogP contribution < -0.4 is 5.73 Å². The van der Waals surface area contributed by atoms with Gasteiger partial charge < -0.3 is 10.8 Å². The molecule has 2 unspecified atom stereocenters. The Labute approximate surface area is 172 Å². The predicted molar refractivity (Wildman–Crippen MR) is 110 cm³/mol. The fourth-order valence-corrected chi connectivity index (χ4v) is 4.40. The molecule has 28 heavy (non-hydrogen) atoms. The summed E-state index contributed by atoms with van der Waals surface area (Å²) in [5, 5.41) is 10.7. The molecule has 1 aliphatic carbocycles. The van der Waals surface area contributed by atoms with Gasteiger partial charge in [0.2, 0.25) is 0 Å². The standard InChI is InChI=1S/C21H25BrFN3O2/c1-11-6-13(7-12(2)21(11,3)28)15-4-5-25-10-14(15)8-18(27)19-17(24)9-16(23)20(22)26-19/h4-5,9-13,28H,6-8,24H2,1-3H3/t11-,12+,13?,21?. The second-order valence-electron chi connectivity index (χ2n) is 8.07. The number of hydrogen-bond acceptors (Lipinski definition) is 5. The van der Waals surface area contributed by atoms with Gasteiger partial charge in [0.15, 0.2) is 11.6 Å². The van der Waals surface area contributed by atoms with Crippen molar-refractivity contribution in [3.63, 3.8) is 0 Å². The van der Waals surface area contributed by atoms with Crippen molar-refractivity contribution in [1.82, 2.24) is 9.97 Å². The minimum Gasteiger partial charge on any atom is -0.397 e. The lowest BCUT2D eigenvalue weighted by Crippen LogP contribution is -2.44. The lowest BCUT2D eigenvalue weighted by atomic mass is 9.65. The van der Waals surface area contributed by atoms with E-state index in [0.29, 0.717) is 0 Å². The number of Topliss-reactive ketones (excluding diaryl/α,β-unsaturated/α-hetero) is 1. The molecule has 2 aromatic heterocycles. The summed E-state index contributed by atoms with van der Waals surface area (Å²) in [7, 11) is 0. The molecule has 0 aromatic carbocycles. The van der Waals surface area contributed by atoms with E-state index in [2.05, 4.69) is 39.7 Å². The first-order valence-electron chi connectivity index (χ1n) is 9.41. The van der Waals surface area contributed by atoms with Gasteiger partial charge in [-0.3, -0.25) is 9.78 Å². The second kappa shape index (κ2) is 7.87. The Hall–Kier alpha value is -1.86. The normalized spacial score (nSPS) is 27.6. The van der Waals surface area contributed by atoms with E-state index in [-0.39, 0.29) is 45.9 Å². The van der Waals surface area contributed by atoms with Crippen LogP contribution in [0.15, 0.2) is 29.1 Å². The fourth-order valence-electron chi connectivity index (χ4n) is 4.11. The number of aliphatic hydroxyl groups is 1. The molecule has 3 rings (SSSR count). The van der Waals surface area contributed by atoms with Crippen LogP contribution in [0.25, 0.3) is 0 Å². The maximum Gasteiger partial charge on any atom is 0.187 e. The average molecular weight is 450 g/mol. The number of aromatic nitrogens is 2. The van der Waals surface area contributed by atoms with Crippen LogP contribution in [0.5, 0.6) is 0 Å². The zero-order valence-electron chi connectivity index (χ0n) is 16.2. The Morgan fingerprint density at radius 1 is 1.39 bits per heavy atom. The number of nitrogens with two attached hydrogens (primary N) is 1. The van der Waals surface area contributed by atoms with Crippen molar-refractivity contribution < 1.29 is 14.3 Å². The molecule has 1 aliphatic rings. The summed E-state index contributed by atoms with van der Waals surface area (Å²) in [6, 6.07) is 3.05. The molecule has 1 fully saturated rings. The first-order chi connectivity index (χ1) is 13.1. The first-order valence-corrected chi connectivity index (χ1v) is 10.2. The first kappa shape index (κ1) is 20.9. The Morgan fingerprint density at radius 2 is 2.04 bits per heavy atom. The minimum atomic E-state index is -0.696. The maximum absolute atomic E-state index is 13.6. The van der Waals surface area contributed by atoms with E-state index in [1.54, 1.807) is 12.4 Å². The van der Waals surface area contributed by atoms with Gasteiger partial charge in [-0.2, -0.15) is 0 Å². The van der Waals surface area contributed by atoms with E-state index in [4.69, 9.17) is 5.73 Å². The molecule has 2 heterocycles. The molecule has 0 spiro atoms. The summed E-state index contributed by atoms with van der Waals surface area (Å²) in [4.78, 5) is 21.0. The minimum absolute atomic E-state index is 0.0205. The van der Waals surface area contributed by atoms with Crippen LogP contribution in [0, 0.1) is 17.7 Å². The van der Waals surface area contributed by atoms with Crippen LogP contribution >= 0.6 is 15.9 Å². The van der Waals surface area contributed by atoms with Gasteiger partial charge in [0, 0.05) is 24.9 Å². The van der Waals surface area contributed by atoms with Crippen molar-refractivity contribution in [1.29, 1.82) is 0 Å². The third kappa shape index (κ3) is 3.96. The topological polar surface area (TPSA) is 89.1 Å². The smallest absolute Gasteiger partial charge is 0.187 e. The Balaban J connectivity index is 1.87. The molecule has 3 N–H and O–H groups in total. The number of carbonyl (C=O) groups excluding carboxylic acids is 1. The molecule has 4 atom stereocenters. The van der Waals surface area contributed by atoms with Crippen LogP contribution in [0.2, 0.25) is 0 Å². The molecule has 0 bridgehead atoms. The van der Waals surface area contributed by atoms with Crippen LogP contribution in [-0.4, -0.2) is 26.5 Å². The monoisotopic (exact) mass is 449 g/mol. The van der Waals surface area contributed by atoms with E-state index >= 15 is 0 Å². The van der Waals surface area contributed by atoms with Crippen LogP contribution in [0.3, 0.4) is 0 Å². The van der Waals surface area contributed by atoms with Crippen molar-refractivity contribution in [3.8, 4) is 0 Å². The van der Waals surface area contributed by atoms with Gasteiger partial charge in [0.25, 0.3) is 0 Å². The fraction of sp³-hybridized carbons (Fsp3) is 0.476. The third-order valence-electron chi connectivity index (χ3n) is 6.23. The summed E-state index contributed by atoms with van der Waals surface area (Å²) >= 11 is 3.00. The molecule has 1 saturated carbocycles. The molecular formula is C21H25BrFN3O2. The highest BCUT2D eigenvalue weighted by Gasteiger charge is 2.42. The largest absolute Gasteiger partial charge is 0.397 e. The Kier molecular flexibility index (Phi) is 5.87. The number of ketones is 1. The van der Waals surface area contributed by atoms with E-state index in [1.165, 1.54) is 0 Å². The quantitative estimate of drug-likeness (QED) is 0.536. The van der Waals surface area contributed by atoms with Gasteiger partial charge in [-0.05, 0) is 70.6 Å². The molecule has 7 heteroatoms. The maximum atomic E-state index is 13.6. The number of nitrogens with zero attached hydrogens (tertiary/aromatic N) is 2. The number of rotatable bonds is 4. The second-order valence-corrected chi connectivity index (χ2v) is 8.82. The summed E-state index contributed by atoms with van der Waals surface area (Å²) in [6.45, 7) is 6.03. The van der Waals surface area contributed by atoms with Crippen LogP contribution in [-0.2, 0) is 6.42 Å². The van der Waals surface area contributed by atoms with Crippen LogP contribution in [0.1, 0.15) is 61.1 Å². The van der Waals surface area contributed by atoms with Gasteiger partial charge in [-0.25, -0.2) is 9.37 Å². The van der Waals surface area contributed by atoms with Crippen molar-refractivity contribution in [2.24, 2.45) is 11.8 Å². The summed E-state index contributed by atoms with van der Waals surface area (Å²) in [6.07, 6.45) is 5.20. The van der Waals surface area contributed by atoms with Crippen molar-refractivity contribution in [2.45, 2.75) is 51.6 Å². The zero-order valence-corrected chi connectivity index (χ0v) is 17.8. The molecule has 5 nitrogen and oxygen atoms in total. The Morgan fingerprint density at radius 3 is 2.68 bits per heavy atom. The number of hydrogen-bond donors (Lipinski definition) is 2. The average Bonchev–Trinajstić information content (AvgIpc) is 2.63.